The van der Waals surface area contributed by atoms with Crippen molar-refractivity contribution in [3.05, 3.63) is 64.9 Å². The van der Waals surface area contributed by atoms with Crippen molar-refractivity contribution in [3.8, 4) is 11.5 Å². The van der Waals surface area contributed by atoms with Crippen LogP contribution < -0.4 is 20.1 Å². The van der Waals surface area contributed by atoms with E-state index >= 15 is 0 Å². The van der Waals surface area contributed by atoms with Crippen molar-refractivity contribution in [3.63, 3.8) is 0 Å². The lowest BCUT2D eigenvalue weighted by atomic mass is 10.2. The Morgan fingerprint density at radius 2 is 1.85 bits per heavy atom. The molecular formula is C19H15ClN4O3. The number of hydrogen-bond acceptors (Lipinski definition) is 6. The molecule has 0 fully saturated rings. The fourth-order valence-corrected chi connectivity index (χ4v) is 2.71. The highest BCUT2D eigenvalue weighted by Gasteiger charge is 2.14. The van der Waals surface area contributed by atoms with E-state index in [0.717, 1.165) is 11.3 Å². The van der Waals surface area contributed by atoms with Crippen LogP contribution in [0.15, 0.2) is 48.8 Å². The highest BCUT2D eigenvalue weighted by Crippen LogP contribution is 2.34. The maximum absolute atomic E-state index is 12.4. The molecule has 1 aliphatic heterocycles. The summed E-state index contributed by atoms with van der Waals surface area (Å²) in [5.74, 6) is 1.41. The van der Waals surface area contributed by atoms with Crippen molar-refractivity contribution < 1.29 is 14.3 Å². The van der Waals surface area contributed by atoms with E-state index in [2.05, 4.69) is 20.6 Å². The third-order valence-corrected chi connectivity index (χ3v) is 4.23. The first-order valence-electron chi connectivity index (χ1n) is 8.15. The van der Waals surface area contributed by atoms with Crippen molar-refractivity contribution in [2.75, 3.05) is 17.4 Å². The minimum Gasteiger partial charge on any atom is -0.454 e. The lowest BCUT2D eigenvalue weighted by Crippen LogP contribution is -2.14. The van der Waals surface area contributed by atoms with Crippen molar-refractivity contribution >= 4 is 34.8 Å². The van der Waals surface area contributed by atoms with Crippen molar-refractivity contribution in [2.45, 2.75) is 6.92 Å². The summed E-state index contributed by atoms with van der Waals surface area (Å²) >= 11 is 5.98. The van der Waals surface area contributed by atoms with E-state index in [1.807, 2.05) is 19.1 Å². The Kier molecular flexibility index (Phi) is 4.52. The molecule has 7 nitrogen and oxygen atoms in total. The third-order valence-electron chi connectivity index (χ3n) is 3.99. The van der Waals surface area contributed by atoms with Crippen LogP contribution in [0.5, 0.6) is 11.5 Å². The number of nitrogens with one attached hydrogen (secondary N) is 2. The number of benzene rings is 2. The molecule has 3 aromatic rings. The first kappa shape index (κ1) is 17.1. The molecule has 27 heavy (non-hydrogen) atoms. The first-order chi connectivity index (χ1) is 13.1. The van der Waals surface area contributed by atoms with Gasteiger partial charge in [0.15, 0.2) is 11.5 Å². The van der Waals surface area contributed by atoms with Gasteiger partial charge in [0.1, 0.15) is 0 Å². The van der Waals surface area contributed by atoms with Gasteiger partial charge in [-0.3, -0.25) is 4.79 Å². The number of aromatic nitrogens is 2. The zero-order valence-electron chi connectivity index (χ0n) is 14.3. The predicted octanol–water partition coefficient (Wildman–Crippen LogP) is 4.16. The van der Waals surface area contributed by atoms with Gasteiger partial charge in [-0.15, -0.1) is 0 Å². The Morgan fingerprint density at radius 3 is 2.67 bits per heavy atom. The predicted molar refractivity (Wildman–Crippen MR) is 102 cm³/mol. The lowest BCUT2D eigenvalue weighted by Gasteiger charge is -2.09. The summed E-state index contributed by atoms with van der Waals surface area (Å²) in [5.41, 5.74) is 2.65. The Balaban J connectivity index is 1.45. The van der Waals surface area contributed by atoms with Gasteiger partial charge in [0.25, 0.3) is 5.91 Å². The van der Waals surface area contributed by atoms with E-state index in [0.29, 0.717) is 33.7 Å². The van der Waals surface area contributed by atoms with Gasteiger partial charge in [-0.25, -0.2) is 9.97 Å². The topological polar surface area (TPSA) is 85.4 Å². The number of halogens is 1. The number of fused-ring (bicyclic) bond motifs is 1. The van der Waals surface area contributed by atoms with Crippen molar-refractivity contribution in [2.24, 2.45) is 0 Å². The summed E-state index contributed by atoms with van der Waals surface area (Å²) < 4.78 is 10.6. The van der Waals surface area contributed by atoms with E-state index in [1.54, 1.807) is 24.3 Å². The molecule has 136 valence electrons. The number of amides is 1. The molecule has 1 aliphatic rings. The van der Waals surface area contributed by atoms with Gasteiger partial charge >= 0.3 is 0 Å². The Bertz CT molecular complexity index is 1010. The average molecular weight is 383 g/mol. The first-order valence-corrected chi connectivity index (χ1v) is 8.52. The average Bonchev–Trinajstić information content (AvgIpc) is 3.13. The van der Waals surface area contributed by atoms with Crippen molar-refractivity contribution in [1.82, 2.24) is 9.97 Å². The van der Waals surface area contributed by atoms with Crippen LogP contribution >= 0.6 is 11.6 Å². The van der Waals surface area contributed by atoms with Gasteiger partial charge in [-0.05, 0) is 36.8 Å². The third kappa shape index (κ3) is 3.78. The number of nitrogens with zero attached hydrogens (tertiary/aromatic N) is 2. The summed E-state index contributed by atoms with van der Waals surface area (Å²) in [4.78, 5) is 20.8. The van der Waals surface area contributed by atoms with E-state index in [1.165, 1.54) is 12.4 Å². The highest BCUT2D eigenvalue weighted by molar-refractivity contribution is 6.31. The number of carbonyl (C=O) groups excluding carboxylic acids is 1. The lowest BCUT2D eigenvalue weighted by molar-refractivity contribution is 0.102. The fraction of sp³-hybridized carbons (Fsp3) is 0.105. The molecule has 1 amide bonds. The second-order valence-electron chi connectivity index (χ2n) is 5.90. The van der Waals surface area contributed by atoms with Crippen LogP contribution in [0.1, 0.15) is 15.9 Å². The molecule has 0 radical (unpaired) electrons. The maximum atomic E-state index is 12.4. The summed E-state index contributed by atoms with van der Waals surface area (Å²) in [6, 6.07) is 10.7. The smallest absolute Gasteiger partial charge is 0.258 e. The van der Waals surface area contributed by atoms with Crippen LogP contribution in [-0.4, -0.2) is 22.7 Å². The monoisotopic (exact) mass is 382 g/mol. The molecule has 4 rings (SSSR count). The Morgan fingerprint density at radius 1 is 1.07 bits per heavy atom. The minimum atomic E-state index is -0.310. The highest BCUT2D eigenvalue weighted by atomic mass is 35.5. The molecule has 0 saturated heterocycles. The van der Waals surface area contributed by atoms with Gasteiger partial charge in [-0.1, -0.05) is 17.7 Å². The number of anilines is 3. The molecule has 0 unspecified atom stereocenters. The van der Waals surface area contributed by atoms with E-state index in [-0.39, 0.29) is 12.7 Å². The molecule has 0 spiro atoms. The van der Waals surface area contributed by atoms with E-state index in [9.17, 15) is 4.79 Å². The van der Waals surface area contributed by atoms with Gasteiger partial charge in [0.05, 0.1) is 5.56 Å². The SMILES string of the molecule is Cc1ccc(Cl)cc1NC(=O)c1cnc(Nc2ccc3c(c2)OCO3)nc1. The molecule has 2 aromatic carbocycles. The molecule has 1 aromatic heterocycles. The number of rotatable bonds is 4. The fourth-order valence-electron chi connectivity index (χ4n) is 2.54. The number of hydrogen-bond donors (Lipinski definition) is 2. The quantitative estimate of drug-likeness (QED) is 0.704. The van der Waals surface area contributed by atoms with Gasteiger partial charge in [-0.2, -0.15) is 0 Å². The van der Waals surface area contributed by atoms with Crippen LogP contribution in [0, 0.1) is 6.92 Å². The van der Waals surface area contributed by atoms with Crippen LogP contribution in [-0.2, 0) is 0 Å². The molecule has 2 heterocycles. The Hall–Kier alpha value is -3.32. The van der Waals surface area contributed by atoms with Crippen LogP contribution in [0.3, 0.4) is 0 Å². The largest absolute Gasteiger partial charge is 0.454 e. The zero-order chi connectivity index (χ0) is 18.8. The molecule has 0 bridgehead atoms. The van der Waals surface area contributed by atoms with Crippen molar-refractivity contribution in [1.29, 1.82) is 0 Å². The molecule has 0 aliphatic carbocycles. The minimum absolute atomic E-state index is 0.213. The molecule has 0 saturated carbocycles. The second kappa shape index (κ2) is 7.13. The summed E-state index contributed by atoms with van der Waals surface area (Å²) in [5, 5.41) is 6.42. The second-order valence-corrected chi connectivity index (χ2v) is 6.34. The molecular weight excluding hydrogens is 368 g/mol. The maximum Gasteiger partial charge on any atom is 0.258 e. The standard InChI is InChI=1S/C19H15ClN4O3/c1-11-2-3-13(20)6-15(11)24-18(25)12-8-21-19(22-9-12)23-14-4-5-16-17(7-14)27-10-26-16/h2-9H,10H2,1H3,(H,24,25)(H,21,22,23). The number of ether oxygens (including phenoxy) is 2. The van der Waals surface area contributed by atoms with Crippen LogP contribution in [0.4, 0.5) is 17.3 Å². The van der Waals surface area contributed by atoms with Crippen LogP contribution in [0.25, 0.3) is 0 Å². The molecule has 8 heteroatoms. The number of aryl methyl sites for hydroxylation is 1. The molecule has 2 N–H and O–H groups in total. The van der Waals surface area contributed by atoms with Gasteiger partial charge in [0, 0.05) is 34.9 Å². The van der Waals surface area contributed by atoms with E-state index in [4.69, 9.17) is 21.1 Å². The Labute approximate surface area is 160 Å². The van der Waals surface area contributed by atoms with Gasteiger partial charge in [0.2, 0.25) is 12.7 Å². The molecule has 0 atom stereocenters. The summed E-state index contributed by atoms with van der Waals surface area (Å²) in [6.45, 7) is 2.10. The van der Waals surface area contributed by atoms with E-state index < -0.39 is 0 Å². The van der Waals surface area contributed by atoms with Gasteiger partial charge < -0.3 is 20.1 Å². The number of carbonyl (C=O) groups is 1. The summed E-state index contributed by atoms with van der Waals surface area (Å²) in [6.07, 6.45) is 2.91. The normalized spacial score (nSPS) is 11.9. The zero-order valence-corrected chi connectivity index (χ0v) is 15.1. The van der Waals surface area contributed by atoms with Crippen LogP contribution in [0.2, 0.25) is 5.02 Å². The summed E-state index contributed by atoms with van der Waals surface area (Å²) in [7, 11) is 0.